The minimum atomic E-state index is 0.0574. The molecule has 4 rings (SSSR count). The lowest BCUT2D eigenvalue weighted by Gasteiger charge is -2.35. The van der Waals surface area contributed by atoms with Crippen molar-refractivity contribution in [2.75, 3.05) is 0 Å². The quantitative estimate of drug-likeness (QED) is 0.900. The van der Waals surface area contributed by atoms with E-state index in [0.29, 0.717) is 5.02 Å². The van der Waals surface area contributed by atoms with Gasteiger partial charge in [-0.1, -0.05) is 41.9 Å². The second kappa shape index (κ2) is 6.48. The smallest absolute Gasteiger partial charge is 0.223 e. The van der Waals surface area contributed by atoms with E-state index in [4.69, 9.17) is 16.3 Å². The predicted octanol–water partition coefficient (Wildman–Crippen LogP) is 4.30. The first-order chi connectivity index (χ1) is 11.7. The second-order valence-corrected chi connectivity index (χ2v) is 7.10. The summed E-state index contributed by atoms with van der Waals surface area (Å²) in [6, 6.07) is 16.0. The average Bonchev–Trinajstić information content (AvgIpc) is 2.94. The van der Waals surface area contributed by atoms with Crippen LogP contribution in [0.4, 0.5) is 0 Å². The van der Waals surface area contributed by atoms with Crippen LogP contribution in [0.5, 0.6) is 5.75 Å². The number of hydrogen-bond donors (Lipinski definition) is 1. The number of amides is 1. The molecule has 2 aliphatic rings. The lowest BCUT2D eigenvalue weighted by Crippen LogP contribution is -2.44. The third-order valence-electron chi connectivity index (χ3n) is 5.01. The van der Waals surface area contributed by atoms with Crippen molar-refractivity contribution in [1.29, 1.82) is 0 Å². The minimum Gasteiger partial charge on any atom is -0.490 e. The summed E-state index contributed by atoms with van der Waals surface area (Å²) in [6.07, 6.45) is 3.70. The lowest BCUT2D eigenvalue weighted by molar-refractivity contribution is -0.131. The van der Waals surface area contributed by atoms with Gasteiger partial charge in [-0.25, -0.2) is 0 Å². The number of halogens is 1. The zero-order valence-electron chi connectivity index (χ0n) is 13.4. The van der Waals surface area contributed by atoms with E-state index in [1.54, 1.807) is 0 Å². The van der Waals surface area contributed by atoms with Gasteiger partial charge in [-0.15, -0.1) is 0 Å². The van der Waals surface area contributed by atoms with Gasteiger partial charge < -0.3 is 10.1 Å². The summed E-state index contributed by atoms with van der Waals surface area (Å²) in [4.78, 5) is 12.5. The first-order valence-corrected chi connectivity index (χ1v) is 8.87. The molecule has 1 fully saturated rings. The van der Waals surface area contributed by atoms with E-state index in [9.17, 15) is 4.79 Å². The second-order valence-electron chi connectivity index (χ2n) is 6.66. The maximum atomic E-state index is 12.5. The van der Waals surface area contributed by atoms with Crippen LogP contribution in [0.15, 0.2) is 48.5 Å². The molecule has 124 valence electrons. The molecule has 0 heterocycles. The summed E-state index contributed by atoms with van der Waals surface area (Å²) in [5, 5.41) is 3.88. The molecule has 0 spiro atoms. The molecule has 2 aromatic rings. The number of rotatable bonds is 4. The van der Waals surface area contributed by atoms with Crippen LogP contribution in [0.2, 0.25) is 5.02 Å². The van der Waals surface area contributed by atoms with Crippen molar-refractivity contribution in [1.82, 2.24) is 5.32 Å². The van der Waals surface area contributed by atoms with Gasteiger partial charge in [-0.05, 0) is 55.0 Å². The van der Waals surface area contributed by atoms with E-state index in [1.807, 2.05) is 30.3 Å². The zero-order chi connectivity index (χ0) is 16.5. The first-order valence-electron chi connectivity index (χ1n) is 8.49. The van der Waals surface area contributed by atoms with Gasteiger partial charge in [0.25, 0.3) is 0 Å². The monoisotopic (exact) mass is 341 g/mol. The van der Waals surface area contributed by atoms with Gasteiger partial charge in [0.1, 0.15) is 11.9 Å². The number of nitrogens with one attached hydrogen (secondary N) is 1. The molecule has 1 amide bonds. The Labute approximate surface area is 147 Å². The molecule has 0 saturated heterocycles. The van der Waals surface area contributed by atoms with Gasteiger partial charge in [0.2, 0.25) is 5.91 Å². The summed E-state index contributed by atoms with van der Waals surface area (Å²) in [5.74, 6) is 0.987. The number of carbonyl (C=O) groups is 1. The van der Waals surface area contributed by atoms with Crippen molar-refractivity contribution < 1.29 is 9.53 Å². The topological polar surface area (TPSA) is 38.3 Å². The molecular formula is C20H20ClNO2. The zero-order valence-corrected chi connectivity index (χ0v) is 14.1. The molecular weight excluding hydrogens is 322 g/mol. The van der Waals surface area contributed by atoms with Crippen LogP contribution in [-0.4, -0.2) is 12.0 Å². The standard InChI is InChI=1S/C20H20ClNO2/c21-15-5-3-6-16(12-15)24-17-10-14(11-17)20(23)22-19-9-8-13-4-1-2-7-18(13)19/h1-7,12,14,17,19H,8-11H2,(H,22,23)/t14-,17-,19?. The molecule has 0 radical (unpaired) electrons. The fraction of sp³-hybridized carbons (Fsp3) is 0.350. The summed E-state index contributed by atoms with van der Waals surface area (Å²) < 4.78 is 5.87. The number of carbonyl (C=O) groups excluding carboxylic acids is 1. The first kappa shape index (κ1) is 15.5. The van der Waals surface area contributed by atoms with Crippen molar-refractivity contribution in [3.8, 4) is 5.75 Å². The Balaban J connectivity index is 1.29. The van der Waals surface area contributed by atoms with Gasteiger partial charge in [0.15, 0.2) is 0 Å². The van der Waals surface area contributed by atoms with Crippen molar-refractivity contribution in [2.45, 2.75) is 37.8 Å². The van der Waals surface area contributed by atoms with E-state index in [-0.39, 0.29) is 24.0 Å². The summed E-state index contributed by atoms with van der Waals surface area (Å²) in [6.45, 7) is 0. The number of hydrogen-bond acceptors (Lipinski definition) is 2. The predicted molar refractivity (Wildman–Crippen MR) is 94.2 cm³/mol. The van der Waals surface area contributed by atoms with E-state index in [0.717, 1.165) is 31.4 Å². The Hall–Kier alpha value is -2.00. The fourth-order valence-electron chi connectivity index (χ4n) is 3.61. The number of ether oxygens (including phenoxy) is 1. The van der Waals surface area contributed by atoms with E-state index >= 15 is 0 Å². The molecule has 3 nitrogen and oxygen atoms in total. The maximum absolute atomic E-state index is 12.5. The van der Waals surface area contributed by atoms with Crippen molar-refractivity contribution in [2.24, 2.45) is 5.92 Å². The van der Waals surface area contributed by atoms with Crippen LogP contribution in [-0.2, 0) is 11.2 Å². The lowest BCUT2D eigenvalue weighted by atomic mass is 9.81. The Morgan fingerprint density at radius 2 is 1.96 bits per heavy atom. The van der Waals surface area contributed by atoms with E-state index in [1.165, 1.54) is 11.1 Å². The van der Waals surface area contributed by atoms with Crippen molar-refractivity contribution >= 4 is 17.5 Å². The normalized spacial score (nSPS) is 24.8. The van der Waals surface area contributed by atoms with Crippen molar-refractivity contribution in [3.63, 3.8) is 0 Å². The van der Waals surface area contributed by atoms with Gasteiger partial charge in [0, 0.05) is 10.9 Å². The molecule has 0 aliphatic heterocycles. The summed E-state index contributed by atoms with van der Waals surface area (Å²) in [7, 11) is 0. The third kappa shape index (κ3) is 3.13. The molecule has 24 heavy (non-hydrogen) atoms. The van der Waals surface area contributed by atoms with Crippen LogP contribution >= 0.6 is 11.6 Å². The molecule has 1 N–H and O–H groups in total. The fourth-order valence-corrected chi connectivity index (χ4v) is 3.79. The molecule has 4 heteroatoms. The number of fused-ring (bicyclic) bond motifs is 1. The Bertz CT molecular complexity index is 755. The van der Waals surface area contributed by atoms with Gasteiger partial charge in [-0.3, -0.25) is 4.79 Å². The van der Waals surface area contributed by atoms with Crippen LogP contribution in [0, 0.1) is 5.92 Å². The average molecular weight is 342 g/mol. The molecule has 1 saturated carbocycles. The minimum absolute atomic E-state index is 0.0574. The molecule has 1 unspecified atom stereocenters. The molecule has 0 aromatic heterocycles. The van der Waals surface area contributed by atoms with Crippen LogP contribution < -0.4 is 10.1 Å². The highest BCUT2D eigenvalue weighted by Crippen LogP contribution is 2.35. The van der Waals surface area contributed by atoms with E-state index < -0.39 is 0 Å². The van der Waals surface area contributed by atoms with Crippen LogP contribution in [0.1, 0.15) is 36.4 Å². The molecule has 2 aromatic carbocycles. The Morgan fingerprint density at radius 3 is 2.79 bits per heavy atom. The summed E-state index contributed by atoms with van der Waals surface area (Å²) in [5.41, 5.74) is 2.63. The molecule has 0 bridgehead atoms. The van der Waals surface area contributed by atoms with Gasteiger partial charge in [-0.2, -0.15) is 0 Å². The summed E-state index contributed by atoms with van der Waals surface area (Å²) >= 11 is 5.96. The highest BCUT2D eigenvalue weighted by Gasteiger charge is 2.37. The maximum Gasteiger partial charge on any atom is 0.223 e. The van der Waals surface area contributed by atoms with E-state index in [2.05, 4.69) is 23.5 Å². The number of benzene rings is 2. The SMILES string of the molecule is O=C(NC1CCc2ccccc21)[C@H]1C[C@H](Oc2cccc(Cl)c2)C1. The largest absolute Gasteiger partial charge is 0.490 e. The Kier molecular flexibility index (Phi) is 4.19. The van der Waals surface area contributed by atoms with Crippen LogP contribution in [0.25, 0.3) is 0 Å². The van der Waals surface area contributed by atoms with Gasteiger partial charge >= 0.3 is 0 Å². The van der Waals surface area contributed by atoms with Gasteiger partial charge in [0.05, 0.1) is 6.04 Å². The molecule has 2 aliphatic carbocycles. The van der Waals surface area contributed by atoms with Crippen LogP contribution in [0.3, 0.4) is 0 Å². The van der Waals surface area contributed by atoms with Crippen molar-refractivity contribution in [3.05, 3.63) is 64.7 Å². The number of aryl methyl sites for hydroxylation is 1. The Morgan fingerprint density at radius 1 is 1.12 bits per heavy atom. The highest BCUT2D eigenvalue weighted by atomic mass is 35.5. The highest BCUT2D eigenvalue weighted by molar-refractivity contribution is 6.30. The molecule has 1 atom stereocenters. The third-order valence-corrected chi connectivity index (χ3v) is 5.25.